The van der Waals surface area contributed by atoms with Crippen LogP contribution >= 0.6 is 11.8 Å². The van der Waals surface area contributed by atoms with E-state index in [4.69, 9.17) is 0 Å². The Morgan fingerprint density at radius 2 is 2.06 bits per heavy atom. The molecule has 1 aliphatic heterocycles. The highest BCUT2D eigenvalue weighted by Gasteiger charge is 2.35. The summed E-state index contributed by atoms with van der Waals surface area (Å²) in [4.78, 5) is 1.52. The van der Waals surface area contributed by atoms with Crippen molar-refractivity contribution in [2.24, 2.45) is 0 Å². The fourth-order valence-corrected chi connectivity index (χ4v) is 4.61. The Labute approximate surface area is 112 Å². The van der Waals surface area contributed by atoms with Gasteiger partial charge in [-0.05, 0) is 12.5 Å². The number of allylic oxidation sites excluding steroid dienone is 1. The minimum absolute atomic E-state index is 0.545. The number of benzene rings is 1. The third-order valence-electron chi connectivity index (χ3n) is 2.71. The van der Waals surface area contributed by atoms with Crippen molar-refractivity contribution in [2.75, 3.05) is 5.75 Å². The van der Waals surface area contributed by atoms with E-state index in [1.54, 1.807) is 0 Å². The molecule has 1 aromatic rings. The van der Waals surface area contributed by atoms with Crippen molar-refractivity contribution in [1.29, 1.82) is 0 Å². The molecule has 0 aliphatic carbocycles. The maximum atomic E-state index is 3.81. The maximum absolute atomic E-state index is 3.81. The van der Waals surface area contributed by atoms with E-state index in [0.29, 0.717) is 4.58 Å². The van der Waals surface area contributed by atoms with Gasteiger partial charge in [0.15, 0.2) is 11.4 Å². The van der Waals surface area contributed by atoms with E-state index in [1.807, 2.05) is 35.3 Å². The standard InChI is InChI=1S/C15H17S2/c1-3-5-10-14-12-8-6-7-9-13(12)15(17-14)16-11-4-2/h3-4,6-9,15H,1-2,5,10-11H2/q+1. The Morgan fingerprint density at radius 1 is 1.24 bits per heavy atom. The van der Waals surface area contributed by atoms with Gasteiger partial charge in [-0.2, -0.15) is 0 Å². The van der Waals surface area contributed by atoms with Crippen LogP contribution < -0.4 is 0 Å². The number of hydrogen-bond acceptors (Lipinski definition) is 1. The van der Waals surface area contributed by atoms with E-state index >= 15 is 0 Å². The third kappa shape index (κ3) is 2.88. The van der Waals surface area contributed by atoms with Gasteiger partial charge in [-0.3, -0.25) is 0 Å². The molecule has 2 rings (SSSR count). The summed E-state index contributed by atoms with van der Waals surface area (Å²) in [6.07, 6.45) is 6.17. The molecule has 0 bridgehead atoms. The zero-order chi connectivity index (χ0) is 12.1. The van der Waals surface area contributed by atoms with E-state index < -0.39 is 0 Å². The topological polar surface area (TPSA) is 0 Å². The van der Waals surface area contributed by atoms with E-state index in [-0.39, 0.29) is 0 Å². The first-order chi connectivity index (χ1) is 8.36. The quantitative estimate of drug-likeness (QED) is 0.420. The molecule has 1 aromatic carbocycles. The largest absolute Gasteiger partial charge is 0.257 e. The van der Waals surface area contributed by atoms with Crippen LogP contribution in [0, 0.1) is 0 Å². The first-order valence-electron chi connectivity index (χ1n) is 5.82. The van der Waals surface area contributed by atoms with Gasteiger partial charge in [0.25, 0.3) is 4.58 Å². The van der Waals surface area contributed by atoms with Gasteiger partial charge in [-0.15, -0.1) is 13.2 Å². The van der Waals surface area contributed by atoms with Crippen LogP contribution in [0.1, 0.15) is 28.6 Å². The summed E-state index contributed by atoms with van der Waals surface area (Å²) in [6.45, 7) is 7.60. The van der Waals surface area contributed by atoms with E-state index in [0.717, 1.165) is 18.6 Å². The third-order valence-corrected chi connectivity index (χ3v) is 5.56. The normalized spacial score (nSPS) is 17.4. The van der Waals surface area contributed by atoms with Crippen LogP contribution in [0.4, 0.5) is 0 Å². The predicted octanol–water partition coefficient (Wildman–Crippen LogP) is 4.19. The second kappa shape index (κ2) is 6.18. The van der Waals surface area contributed by atoms with Crippen LogP contribution in [0.25, 0.3) is 0 Å². The van der Waals surface area contributed by atoms with Crippen molar-refractivity contribution in [3.05, 3.63) is 60.7 Å². The van der Waals surface area contributed by atoms with Crippen molar-refractivity contribution in [1.82, 2.24) is 0 Å². The molecule has 1 atom stereocenters. The first kappa shape index (κ1) is 12.6. The summed E-state index contributed by atoms with van der Waals surface area (Å²) in [5, 5.41) is 0. The van der Waals surface area contributed by atoms with Crippen LogP contribution in [0.5, 0.6) is 0 Å². The molecule has 1 unspecified atom stereocenters. The lowest BCUT2D eigenvalue weighted by Gasteiger charge is -2.00. The molecule has 0 saturated carbocycles. The lowest BCUT2D eigenvalue weighted by molar-refractivity contribution is 1.12. The average Bonchev–Trinajstić information content (AvgIpc) is 2.72. The highest BCUT2D eigenvalue weighted by molar-refractivity contribution is 8.09. The maximum Gasteiger partial charge on any atom is 0.257 e. The highest BCUT2D eigenvalue weighted by atomic mass is 32.2. The second-order valence-electron chi connectivity index (χ2n) is 3.91. The number of rotatable bonds is 6. The molecule has 0 radical (unpaired) electrons. The zero-order valence-electron chi connectivity index (χ0n) is 9.89. The summed E-state index contributed by atoms with van der Waals surface area (Å²) in [5.74, 6) is 1.01. The van der Waals surface area contributed by atoms with Crippen molar-refractivity contribution in [3.63, 3.8) is 0 Å². The molecule has 0 saturated heterocycles. The predicted molar refractivity (Wildman–Crippen MR) is 82.7 cm³/mol. The van der Waals surface area contributed by atoms with Gasteiger partial charge in [0, 0.05) is 23.3 Å². The van der Waals surface area contributed by atoms with Crippen molar-refractivity contribution < 1.29 is 0 Å². The highest BCUT2D eigenvalue weighted by Crippen LogP contribution is 2.37. The molecule has 2 heteroatoms. The number of fused-ring (bicyclic) bond motifs is 1. The fraction of sp³-hybridized carbons (Fsp3) is 0.267. The lowest BCUT2D eigenvalue weighted by atomic mass is 10.0. The molecule has 0 spiro atoms. The van der Waals surface area contributed by atoms with Crippen LogP contribution in [-0.4, -0.2) is 10.6 Å². The average molecular weight is 261 g/mol. The molecule has 17 heavy (non-hydrogen) atoms. The van der Waals surface area contributed by atoms with Crippen molar-refractivity contribution >= 4 is 28.0 Å². The molecular formula is C15H17S2+. The van der Waals surface area contributed by atoms with Crippen LogP contribution in [-0.2, 0) is 11.4 Å². The Bertz CT molecular complexity index is 446. The van der Waals surface area contributed by atoms with E-state index in [9.17, 15) is 0 Å². The van der Waals surface area contributed by atoms with Gasteiger partial charge in [-0.25, -0.2) is 0 Å². The molecular weight excluding hydrogens is 244 g/mol. The Morgan fingerprint density at radius 3 is 2.82 bits per heavy atom. The summed E-state index contributed by atoms with van der Waals surface area (Å²) in [6, 6.07) is 8.77. The molecule has 0 aromatic heterocycles. The summed E-state index contributed by atoms with van der Waals surface area (Å²) < 4.78 is 0.545. The Balaban J connectivity index is 2.21. The lowest BCUT2D eigenvalue weighted by Crippen LogP contribution is -1.97. The first-order valence-corrected chi connectivity index (χ1v) is 7.75. The minimum Gasteiger partial charge on any atom is -0.103 e. The Hall–Kier alpha value is -0.860. The monoisotopic (exact) mass is 261 g/mol. The van der Waals surface area contributed by atoms with Gasteiger partial charge < -0.3 is 0 Å². The molecule has 1 aliphatic rings. The van der Waals surface area contributed by atoms with Gasteiger partial charge >= 0.3 is 0 Å². The summed E-state index contributed by atoms with van der Waals surface area (Å²) >= 11 is 3.97. The van der Waals surface area contributed by atoms with Crippen LogP contribution in [0.15, 0.2) is 49.6 Å². The number of thioether (sulfide) groups is 1. The second-order valence-corrected chi connectivity index (χ2v) is 6.55. The van der Waals surface area contributed by atoms with Crippen LogP contribution in [0.3, 0.4) is 0 Å². The van der Waals surface area contributed by atoms with Crippen LogP contribution in [0.2, 0.25) is 0 Å². The molecule has 0 N–H and O–H groups in total. The summed E-state index contributed by atoms with van der Waals surface area (Å²) in [7, 11) is 0. The SMILES string of the molecule is C=CCCC1=[S+]C(SCC=C)c2ccccc21. The van der Waals surface area contributed by atoms with Gasteiger partial charge in [0.05, 0.1) is 0 Å². The van der Waals surface area contributed by atoms with Gasteiger partial charge in [-0.1, -0.05) is 42.1 Å². The molecule has 0 fully saturated rings. The molecule has 88 valence electrons. The fourth-order valence-electron chi connectivity index (χ4n) is 1.92. The van der Waals surface area contributed by atoms with Gasteiger partial charge in [0.1, 0.15) is 0 Å². The molecule has 0 nitrogen and oxygen atoms in total. The van der Waals surface area contributed by atoms with Crippen molar-refractivity contribution in [3.8, 4) is 0 Å². The van der Waals surface area contributed by atoms with E-state index in [2.05, 4.69) is 37.4 Å². The smallest absolute Gasteiger partial charge is 0.103 e. The Kier molecular flexibility index (Phi) is 4.57. The summed E-state index contributed by atoms with van der Waals surface area (Å²) in [5.41, 5.74) is 2.92. The molecule has 0 amide bonds. The zero-order valence-corrected chi connectivity index (χ0v) is 11.5. The molecule has 1 heterocycles. The van der Waals surface area contributed by atoms with Crippen molar-refractivity contribution in [2.45, 2.75) is 17.4 Å². The number of hydrogen-bond donors (Lipinski definition) is 0. The van der Waals surface area contributed by atoms with E-state index in [1.165, 1.54) is 16.0 Å². The minimum atomic E-state index is 0.545. The van der Waals surface area contributed by atoms with Gasteiger partial charge in [0.2, 0.25) is 4.86 Å².